The Bertz CT molecular complexity index is 2010. The zero-order chi connectivity index (χ0) is 34.5. The number of carboxylic acids is 1. The predicted molar refractivity (Wildman–Crippen MR) is 173 cm³/mol. The zero-order valence-corrected chi connectivity index (χ0v) is 26.9. The third-order valence-electron chi connectivity index (χ3n) is 8.70. The molecule has 1 aliphatic heterocycles. The van der Waals surface area contributed by atoms with Gasteiger partial charge in [-0.25, -0.2) is 23.1 Å². The summed E-state index contributed by atoms with van der Waals surface area (Å²) in [5.74, 6) is -1.56. The summed E-state index contributed by atoms with van der Waals surface area (Å²) in [5.41, 5.74) is 2.76. The molecule has 0 spiro atoms. The van der Waals surface area contributed by atoms with Gasteiger partial charge in [0.2, 0.25) is 0 Å². The normalized spacial score (nSPS) is 13.9. The van der Waals surface area contributed by atoms with Crippen LogP contribution in [0.3, 0.4) is 0 Å². The van der Waals surface area contributed by atoms with Crippen molar-refractivity contribution in [1.29, 1.82) is 5.26 Å². The summed E-state index contributed by atoms with van der Waals surface area (Å²) in [4.78, 5) is 22.4. The van der Waals surface area contributed by atoms with Crippen LogP contribution in [0.1, 0.15) is 54.4 Å². The molecule has 10 nitrogen and oxygen atoms in total. The number of fused-ring (bicyclic) bond motifs is 1. The lowest BCUT2D eigenvalue weighted by Gasteiger charge is -2.32. The molecule has 3 heterocycles. The number of nitrogens with zero attached hydrogens (tertiary/aromatic N) is 6. The molecule has 3 aromatic carbocycles. The first kappa shape index (κ1) is 33.5. The molecule has 0 saturated carbocycles. The largest absolute Gasteiger partial charge is 0.490 e. The standard InChI is InChI=1S/C36H35F3N6O4/c1-2-44-22-41-18-26(44)19-45-32-15-23(4-8-35(46)47)13-31(39)36(32)42-34(45)20-43-11-9-27(10-12-43)49-28-5-6-29(37)25(16-28)21-48-33-7-3-24(17-40)14-30(33)38/h3,5-7,13-16,18,22,27H,2,4,8-12,19-21H2,1H3,(H,46,47). The molecule has 0 bridgehead atoms. The molecule has 0 atom stereocenters. The first-order valence-corrected chi connectivity index (χ1v) is 16.1. The summed E-state index contributed by atoms with van der Waals surface area (Å²) < 4.78 is 59.8. The average Bonchev–Trinajstić information content (AvgIpc) is 3.69. The summed E-state index contributed by atoms with van der Waals surface area (Å²) >= 11 is 0. The van der Waals surface area contributed by atoms with E-state index in [2.05, 4.69) is 9.88 Å². The number of likely N-dealkylation sites (tertiary alicyclic amines) is 1. The monoisotopic (exact) mass is 672 g/mol. The fourth-order valence-electron chi connectivity index (χ4n) is 6.06. The fourth-order valence-corrected chi connectivity index (χ4v) is 6.06. The minimum atomic E-state index is -0.945. The summed E-state index contributed by atoms with van der Waals surface area (Å²) in [6, 6.07) is 13.3. The Morgan fingerprint density at radius 1 is 1.04 bits per heavy atom. The molecule has 0 amide bonds. The van der Waals surface area contributed by atoms with E-state index in [1.165, 1.54) is 24.3 Å². The van der Waals surface area contributed by atoms with E-state index in [1.807, 2.05) is 28.2 Å². The number of rotatable bonds is 13. The van der Waals surface area contributed by atoms with Crippen molar-refractivity contribution in [1.82, 2.24) is 24.0 Å². The van der Waals surface area contributed by atoms with Crippen LogP contribution in [0.25, 0.3) is 11.0 Å². The maximum absolute atomic E-state index is 15.3. The number of halogens is 3. The number of ether oxygens (including phenoxy) is 2. The van der Waals surface area contributed by atoms with E-state index in [9.17, 15) is 13.6 Å². The second-order valence-corrected chi connectivity index (χ2v) is 12.0. The van der Waals surface area contributed by atoms with Crippen LogP contribution in [0.4, 0.5) is 13.2 Å². The van der Waals surface area contributed by atoms with Gasteiger partial charge in [0.15, 0.2) is 17.4 Å². The maximum atomic E-state index is 15.3. The maximum Gasteiger partial charge on any atom is 0.303 e. The van der Waals surface area contributed by atoms with Gasteiger partial charge in [-0.3, -0.25) is 9.69 Å². The molecule has 1 saturated heterocycles. The highest BCUT2D eigenvalue weighted by Crippen LogP contribution is 2.28. The number of carboxylic acid groups (broad SMARTS) is 1. The molecule has 0 radical (unpaired) electrons. The van der Waals surface area contributed by atoms with Crippen LogP contribution in [-0.4, -0.2) is 54.3 Å². The van der Waals surface area contributed by atoms with E-state index >= 15 is 4.39 Å². The van der Waals surface area contributed by atoms with Gasteiger partial charge >= 0.3 is 5.97 Å². The van der Waals surface area contributed by atoms with E-state index in [0.29, 0.717) is 61.7 Å². The molecule has 5 aromatic rings. The molecule has 254 valence electrons. The number of aryl methyl sites for hydroxylation is 2. The first-order valence-electron chi connectivity index (χ1n) is 16.1. The molecular formula is C36H35F3N6O4. The molecule has 1 fully saturated rings. The molecule has 1 aliphatic rings. The van der Waals surface area contributed by atoms with Gasteiger partial charge in [0.05, 0.1) is 42.3 Å². The lowest BCUT2D eigenvalue weighted by molar-refractivity contribution is -0.136. The number of aliphatic carboxylic acids is 1. The Morgan fingerprint density at radius 3 is 2.59 bits per heavy atom. The highest BCUT2D eigenvalue weighted by molar-refractivity contribution is 5.78. The predicted octanol–water partition coefficient (Wildman–Crippen LogP) is 6.23. The zero-order valence-electron chi connectivity index (χ0n) is 26.9. The highest BCUT2D eigenvalue weighted by Gasteiger charge is 2.24. The van der Waals surface area contributed by atoms with Gasteiger partial charge in [0.25, 0.3) is 0 Å². The summed E-state index contributed by atoms with van der Waals surface area (Å²) in [5, 5.41) is 18.1. The van der Waals surface area contributed by atoms with Crippen LogP contribution in [0.15, 0.2) is 61.1 Å². The molecule has 1 N–H and O–H groups in total. The van der Waals surface area contributed by atoms with Crippen molar-refractivity contribution in [3.05, 3.63) is 107 Å². The van der Waals surface area contributed by atoms with Crippen molar-refractivity contribution in [2.24, 2.45) is 0 Å². The molecule has 0 unspecified atom stereocenters. The quantitative estimate of drug-likeness (QED) is 0.157. The number of benzene rings is 3. The van der Waals surface area contributed by atoms with Gasteiger partial charge in [0.1, 0.15) is 35.6 Å². The molecule has 0 aliphatic carbocycles. The Labute approximate surface area is 280 Å². The third-order valence-corrected chi connectivity index (χ3v) is 8.70. The lowest BCUT2D eigenvalue weighted by atomic mass is 10.1. The van der Waals surface area contributed by atoms with Crippen LogP contribution in [0.5, 0.6) is 11.5 Å². The number of aromatic nitrogens is 4. The number of hydrogen-bond donors (Lipinski definition) is 1. The Balaban J connectivity index is 1.13. The van der Waals surface area contributed by atoms with E-state index in [1.54, 1.807) is 24.7 Å². The van der Waals surface area contributed by atoms with Crippen molar-refractivity contribution in [2.75, 3.05) is 13.1 Å². The van der Waals surface area contributed by atoms with Gasteiger partial charge in [-0.2, -0.15) is 5.26 Å². The Morgan fingerprint density at radius 2 is 1.86 bits per heavy atom. The van der Waals surface area contributed by atoms with Gasteiger partial charge in [-0.1, -0.05) is 0 Å². The second-order valence-electron chi connectivity index (χ2n) is 12.0. The summed E-state index contributed by atoms with van der Waals surface area (Å²) in [7, 11) is 0. The molecule has 6 rings (SSSR count). The van der Waals surface area contributed by atoms with Crippen molar-refractivity contribution >= 4 is 17.0 Å². The smallest absolute Gasteiger partial charge is 0.303 e. The lowest BCUT2D eigenvalue weighted by Crippen LogP contribution is -2.38. The minimum Gasteiger partial charge on any atom is -0.490 e. The van der Waals surface area contributed by atoms with Crippen molar-refractivity contribution < 1.29 is 32.5 Å². The van der Waals surface area contributed by atoms with Crippen LogP contribution in [0, 0.1) is 28.8 Å². The van der Waals surface area contributed by atoms with E-state index in [4.69, 9.17) is 24.8 Å². The highest BCUT2D eigenvalue weighted by atomic mass is 19.1. The van der Waals surface area contributed by atoms with Gasteiger partial charge in [0, 0.05) is 37.8 Å². The number of imidazole rings is 2. The van der Waals surface area contributed by atoms with E-state index in [-0.39, 0.29) is 47.9 Å². The van der Waals surface area contributed by atoms with Crippen molar-refractivity contribution in [3.63, 3.8) is 0 Å². The third kappa shape index (κ3) is 7.87. The molecular weight excluding hydrogens is 637 g/mol. The van der Waals surface area contributed by atoms with Crippen LogP contribution in [-0.2, 0) is 37.5 Å². The van der Waals surface area contributed by atoms with Crippen LogP contribution >= 0.6 is 0 Å². The first-order chi connectivity index (χ1) is 23.7. The van der Waals surface area contributed by atoms with Gasteiger partial charge < -0.3 is 23.7 Å². The molecule has 2 aromatic heterocycles. The van der Waals surface area contributed by atoms with Crippen LogP contribution < -0.4 is 9.47 Å². The van der Waals surface area contributed by atoms with Gasteiger partial charge in [-0.15, -0.1) is 0 Å². The van der Waals surface area contributed by atoms with E-state index in [0.717, 1.165) is 18.3 Å². The Kier molecular flexibility index (Phi) is 10.1. The minimum absolute atomic E-state index is 0.0806. The molecule has 49 heavy (non-hydrogen) atoms. The van der Waals surface area contributed by atoms with Crippen molar-refractivity contribution in [3.8, 4) is 17.6 Å². The van der Waals surface area contributed by atoms with Crippen LogP contribution in [0.2, 0.25) is 0 Å². The number of carbonyl (C=O) groups is 1. The molecule has 13 heteroatoms. The van der Waals surface area contributed by atoms with Crippen molar-refractivity contribution in [2.45, 2.75) is 65.0 Å². The number of piperidine rings is 1. The number of nitriles is 1. The van der Waals surface area contributed by atoms with Gasteiger partial charge in [-0.05, 0) is 80.3 Å². The average molecular weight is 673 g/mol. The summed E-state index contributed by atoms with van der Waals surface area (Å²) in [6.07, 6.45) is 4.90. The Hall–Kier alpha value is -5.35. The summed E-state index contributed by atoms with van der Waals surface area (Å²) in [6.45, 7) is 4.79. The topological polar surface area (TPSA) is 118 Å². The fraction of sp³-hybridized carbons (Fsp3) is 0.333. The second kappa shape index (κ2) is 14.8. The number of hydrogen-bond acceptors (Lipinski definition) is 7. The van der Waals surface area contributed by atoms with E-state index < -0.39 is 23.4 Å². The SMILES string of the molecule is CCn1cncc1Cn1c(CN2CCC(Oc3ccc(F)c(COc4ccc(C#N)cc4F)c3)CC2)nc2c(F)cc(CCC(=O)O)cc21.